The highest BCUT2D eigenvalue weighted by molar-refractivity contribution is 5.91. The van der Waals surface area contributed by atoms with Crippen molar-refractivity contribution in [2.45, 2.75) is 59.3 Å². The number of esters is 1. The summed E-state index contributed by atoms with van der Waals surface area (Å²) in [5.74, 6) is -1.18. The molecule has 2 N–H and O–H groups in total. The second-order valence-corrected chi connectivity index (χ2v) is 12.4. The number of carbonyl (C=O) groups excluding carboxylic acids is 4. The zero-order valence-corrected chi connectivity index (χ0v) is 29.3. The molecule has 12 heteroatoms. The lowest BCUT2D eigenvalue weighted by atomic mass is 9.96. The Bertz CT molecular complexity index is 1830. The van der Waals surface area contributed by atoms with Gasteiger partial charge < -0.3 is 19.9 Å². The van der Waals surface area contributed by atoms with Crippen LogP contribution in [0, 0.1) is 17.2 Å². The Morgan fingerprint density at radius 3 is 2.40 bits per heavy atom. The fraction of sp³-hybridized carbons (Fsp3) is 0.368. The van der Waals surface area contributed by atoms with Crippen molar-refractivity contribution in [1.29, 1.82) is 5.26 Å². The third-order valence-corrected chi connectivity index (χ3v) is 8.78. The molecular weight excluding hydrogens is 634 g/mol. The van der Waals surface area contributed by atoms with E-state index < -0.39 is 24.0 Å². The van der Waals surface area contributed by atoms with E-state index in [2.05, 4.69) is 35.5 Å². The Hall–Kier alpha value is -5.54. The number of hydrogen-bond donors (Lipinski definition) is 2. The minimum atomic E-state index is -1.08. The molecule has 0 saturated heterocycles. The summed E-state index contributed by atoms with van der Waals surface area (Å²) in [5, 5.41) is 16.6. The van der Waals surface area contributed by atoms with E-state index in [0.717, 1.165) is 28.3 Å². The SMILES string of the molecule is CC[C@H](C)[C@@H](CN(CC(=O)N[C@@H](CNC(C)=O)C(=O)OC)Cc1cccc2ccccc12)N(C(C)=O)c1nccn1Cc1ccc(C#N)cc1. The Labute approximate surface area is 293 Å². The van der Waals surface area contributed by atoms with Crippen LogP contribution in [0.4, 0.5) is 5.95 Å². The number of ether oxygens (including phenoxy) is 1. The molecule has 0 spiro atoms. The summed E-state index contributed by atoms with van der Waals surface area (Å²) in [4.78, 5) is 59.6. The highest BCUT2D eigenvalue weighted by atomic mass is 16.5. The summed E-state index contributed by atoms with van der Waals surface area (Å²) in [6.07, 6.45) is 4.23. The van der Waals surface area contributed by atoms with Gasteiger partial charge >= 0.3 is 5.97 Å². The Morgan fingerprint density at radius 1 is 1.02 bits per heavy atom. The van der Waals surface area contributed by atoms with Gasteiger partial charge in [0.05, 0.1) is 37.9 Å². The van der Waals surface area contributed by atoms with Gasteiger partial charge in [0, 0.05) is 45.9 Å². The number of nitrogens with zero attached hydrogens (tertiary/aromatic N) is 5. The predicted molar refractivity (Wildman–Crippen MR) is 191 cm³/mol. The van der Waals surface area contributed by atoms with Crippen molar-refractivity contribution >= 4 is 40.4 Å². The average Bonchev–Trinajstić information content (AvgIpc) is 3.56. The molecule has 1 aromatic heterocycles. The monoisotopic (exact) mass is 679 g/mol. The Kier molecular flexibility index (Phi) is 13.2. The molecular formula is C38H45N7O5. The number of hydrogen-bond acceptors (Lipinski definition) is 8. The van der Waals surface area contributed by atoms with Crippen LogP contribution in [0.25, 0.3) is 10.8 Å². The van der Waals surface area contributed by atoms with Crippen LogP contribution in [0.5, 0.6) is 0 Å². The molecule has 0 fully saturated rings. The van der Waals surface area contributed by atoms with Crippen LogP contribution in [-0.4, -0.2) is 77.0 Å². The quantitative estimate of drug-likeness (QED) is 0.169. The summed E-state index contributed by atoms with van der Waals surface area (Å²) in [5.41, 5.74) is 2.50. The molecule has 0 radical (unpaired) electrons. The number of amides is 3. The average molecular weight is 680 g/mol. The van der Waals surface area contributed by atoms with Gasteiger partial charge in [-0.2, -0.15) is 5.26 Å². The van der Waals surface area contributed by atoms with Gasteiger partial charge in [-0.05, 0) is 39.9 Å². The minimum Gasteiger partial charge on any atom is -0.467 e. The van der Waals surface area contributed by atoms with Crippen LogP contribution in [-0.2, 0) is 37.0 Å². The summed E-state index contributed by atoms with van der Waals surface area (Å²) in [6.45, 7) is 7.88. The first kappa shape index (κ1) is 37.3. The lowest BCUT2D eigenvalue weighted by molar-refractivity contribution is -0.145. The summed E-state index contributed by atoms with van der Waals surface area (Å²) >= 11 is 0. The fourth-order valence-corrected chi connectivity index (χ4v) is 5.98. The van der Waals surface area contributed by atoms with Crippen molar-refractivity contribution < 1.29 is 23.9 Å². The van der Waals surface area contributed by atoms with Gasteiger partial charge in [-0.1, -0.05) is 74.9 Å². The third kappa shape index (κ3) is 9.76. The van der Waals surface area contributed by atoms with E-state index >= 15 is 0 Å². The lowest BCUT2D eigenvalue weighted by Crippen LogP contribution is -2.54. The van der Waals surface area contributed by atoms with Crippen LogP contribution >= 0.6 is 0 Å². The van der Waals surface area contributed by atoms with E-state index in [1.165, 1.54) is 21.0 Å². The van der Waals surface area contributed by atoms with Gasteiger partial charge in [0.15, 0.2) is 0 Å². The molecule has 3 atom stereocenters. The predicted octanol–water partition coefficient (Wildman–Crippen LogP) is 4.02. The van der Waals surface area contributed by atoms with Crippen molar-refractivity contribution in [2.24, 2.45) is 5.92 Å². The van der Waals surface area contributed by atoms with Crippen LogP contribution in [0.1, 0.15) is 50.8 Å². The first-order valence-corrected chi connectivity index (χ1v) is 16.6. The molecule has 262 valence electrons. The van der Waals surface area contributed by atoms with Gasteiger partial charge in [0.1, 0.15) is 6.04 Å². The van der Waals surface area contributed by atoms with E-state index in [4.69, 9.17) is 4.74 Å². The molecule has 0 aliphatic rings. The van der Waals surface area contributed by atoms with Crippen molar-refractivity contribution in [3.8, 4) is 6.07 Å². The molecule has 0 aliphatic carbocycles. The van der Waals surface area contributed by atoms with E-state index in [0.29, 0.717) is 31.1 Å². The van der Waals surface area contributed by atoms with Gasteiger partial charge in [-0.3, -0.25) is 24.2 Å². The fourth-order valence-electron chi connectivity index (χ4n) is 5.98. The Morgan fingerprint density at radius 2 is 1.74 bits per heavy atom. The molecule has 50 heavy (non-hydrogen) atoms. The van der Waals surface area contributed by atoms with E-state index in [-0.39, 0.29) is 30.8 Å². The number of imidazole rings is 1. The third-order valence-electron chi connectivity index (χ3n) is 8.78. The Balaban J connectivity index is 1.69. The second-order valence-electron chi connectivity index (χ2n) is 12.4. The van der Waals surface area contributed by atoms with Crippen molar-refractivity contribution in [3.05, 3.63) is 95.8 Å². The number of aromatic nitrogens is 2. The zero-order valence-electron chi connectivity index (χ0n) is 29.3. The molecule has 12 nitrogen and oxygen atoms in total. The maximum atomic E-state index is 13.6. The smallest absolute Gasteiger partial charge is 0.330 e. The maximum Gasteiger partial charge on any atom is 0.330 e. The largest absolute Gasteiger partial charge is 0.467 e. The van der Waals surface area contributed by atoms with Gasteiger partial charge in [-0.25, -0.2) is 9.78 Å². The topological polar surface area (TPSA) is 150 Å². The number of methoxy groups -OCH3 is 1. The standard InChI is InChI=1S/C38H45N7O5/c1-6-26(2)35(45(28(4)47)38-40-18-19-44(38)22-30-16-14-29(20-39)15-17-30)24-43(23-32-12-9-11-31-10-7-8-13-33(31)32)25-36(48)42-34(37(49)50-5)21-41-27(3)46/h7-19,26,34-35H,6,21-25H2,1-5H3,(H,41,46)(H,42,48)/t26-,34-,35+/m0/s1. The second kappa shape index (κ2) is 17.7. The maximum absolute atomic E-state index is 13.6. The highest BCUT2D eigenvalue weighted by Gasteiger charge is 2.33. The van der Waals surface area contributed by atoms with Crippen LogP contribution < -0.4 is 15.5 Å². The van der Waals surface area contributed by atoms with Gasteiger partial charge in [0.2, 0.25) is 23.7 Å². The number of carbonyl (C=O) groups is 4. The van der Waals surface area contributed by atoms with Crippen LogP contribution in [0.15, 0.2) is 79.1 Å². The highest BCUT2D eigenvalue weighted by Crippen LogP contribution is 2.26. The molecule has 3 amide bonds. The first-order valence-electron chi connectivity index (χ1n) is 16.6. The number of nitrogens with one attached hydrogen (secondary N) is 2. The summed E-state index contributed by atoms with van der Waals surface area (Å²) in [6, 6.07) is 22.0. The number of benzene rings is 3. The van der Waals surface area contributed by atoms with Crippen molar-refractivity contribution in [3.63, 3.8) is 0 Å². The van der Waals surface area contributed by atoms with Crippen molar-refractivity contribution in [1.82, 2.24) is 25.1 Å². The summed E-state index contributed by atoms with van der Waals surface area (Å²) in [7, 11) is 1.22. The number of anilines is 1. The zero-order chi connectivity index (χ0) is 36.2. The van der Waals surface area contributed by atoms with E-state index in [9.17, 15) is 24.4 Å². The molecule has 0 bridgehead atoms. The summed E-state index contributed by atoms with van der Waals surface area (Å²) < 4.78 is 6.79. The van der Waals surface area contributed by atoms with E-state index in [1.807, 2.05) is 70.3 Å². The van der Waals surface area contributed by atoms with Crippen LogP contribution in [0.2, 0.25) is 0 Å². The molecule has 3 aromatic carbocycles. The molecule has 0 unspecified atom stereocenters. The van der Waals surface area contributed by atoms with E-state index in [1.54, 1.807) is 23.2 Å². The molecule has 4 rings (SSSR count). The number of rotatable bonds is 16. The molecule has 1 heterocycles. The molecule has 0 aliphatic heterocycles. The van der Waals surface area contributed by atoms with Gasteiger partial charge in [-0.15, -0.1) is 0 Å². The van der Waals surface area contributed by atoms with Gasteiger partial charge in [0.25, 0.3) is 0 Å². The molecule has 4 aromatic rings. The first-order chi connectivity index (χ1) is 24.0. The van der Waals surface area contributed by atoms with Crippen LogP contribution in [0.3, 0.4) is 0 Å². The minimum absolute atomic E-state index is 0.000347. The lowest BCUT2D eigenvalue weighted by Gasteiger charge is -2.38. The number of nitriles is 1. The molecule has 0 saturated carbocycles. The number of fused-ring (bicyclic) bond motifs is 1. The normalized spacial score (nSPS) is 12.8. The van der Waals surface area contributed by atoms with Crippen molar-refractivity contribution in [2.75, 3.05) is 31.6 Å².